The van der Waals surface area contributed by atoms with E-state index in [0.29, 0.717) is 6.54 Å². The Balaban J connectivity index is 0.00000180. The van der Waals surface area contributed by atoms with Gasteiger partial charge >= 0.3 is 0 Å². The molecule has 0 spiro atoms. The van der Waals surface area contributed by atoms with Crippen molar-refractivity contribution in [1.29, 1.82) is 0 Å². The SMILES string of the molecule is CN(C)c1cccc(C(=O)N2CCCC(N)C2)c1.Cl. The molecule has 1 fully saturated rings. The lowest BCUT2D eigenvalue weighted by Gasteiger charge is -2.31. The van der Waals surface area contributed by atoms with E-state index < -0.39 is 0 Å². The summed E-state index contributed by atoms with van der Waals surface area (Å²) >= 11 is 0. The lowest BCUT2D eigenvalue weighted by atomic mass is 10.1. The van der Waals surface area contributed by atoms with Crippen molar-refractivity contribution in [3.63, 3.8) is 0 Å². The van der Waals surface area contributed by atoms with Gasteiger partial charge in [-0.25, -0.2) is 0 Å². The standard InChI is InChI=1S/C14H21N3O.ClH/c1-16(2)13-7-3-5-11(9-13)14(18)17-8-4-6-12(15)10-17;/h3,5,7,9,12H,4,6,8,10,15H2,1-2H3;1H. The van der Waals surface area contributed by atoms with Gasteiger partial charge in [-0.15, -0.1) is 12.4 Å². The molecule has 1 aromatic rings. The van der Waals surface area contributed by atoms with E-state index in [2.05, 4.69) is 0 Å². The van der Waals surface area contributed by atoms with Crippen LogP contribution in [-0.4, -0.2) is 44.0 Å². The number of nitrogens with two attached hydrogens (primary N) is 1. The quantitative estimate of drug-likeness (QED) is 0.899. The first-order chi connectivity index (χ1) is 8.58. The minimum Gasteiger partial charge on any atom is -0.378 e. The summed E-state index contributed by atoms with van der Waals surface area (Å²) in [5, 5.41) is 0. The average Bonchev–Trinajstić information content (AvgIpc) is 2.38. The van der Waals surface area contributed by atoms with Crippen LogP contribution in [0, 0.1) is 0 Å². The zero-order valence-electron chi connectivity index (χ0n) is 11.5. The molecule has 1 aromatic carbocycles. The third-order valence-corrected chi connectivity index (χ3v) is 3.35. The van der Waals surface area contributed by atoms with Crippen LogP contribution < -0.4 is 10.6 Å². The number of nitrogens with zero attached hydrogens (tertiary/aromatic N) is 2. The third-order valence-electron chi connectivity index (χ3n) is 3.35. The van der Waals surface area contributed by atoms with Gasteiger partial charge in [0.15, 0.2) is 0 Å². The van der Waals surface area contributed by atoms with Crippen molar-refractivity contribution in [3.05, 3.63) is 29.8 Å². The van der Waals surface area contributed by atoms with Gasteiger partial charge in [0.1, 0.15) is 0 Å². The Morgan fingerprint density at radius 1 is 1.42 bits per heavy atom. The van der Waals surface area contributed by atoms with Crippen LogP contribution in [0.1, 0.15) is 23.2 Å². The summed E-state index contributed by atoms with van der Waals surface area (Å²) in [4.78, 5) is 16.2. The number of piperidine rings is 1. The Kier molecular flexibility index (Phi) is 5.63. The van der Waals surface area contributed by atoms with Crippen LogP contribution in [0.2, 0.25) is 0 Å². The number of carbonyl (C=O) groups excluding carboxylic acids is 1. The molecule has 4 nitrogen and oxygen atoms in total. The van der Waals surface area contributed by atoms with Crippen molar-refractivity contribution in [2.45, 2.75) is 18.9 Å². The number of likely N-dealkylation sites (tertiary alicyclic amines) is 1. The first-order valence-electron chi connectivity index (χ1n) is 6.40. The largest absolute Gasteiger partial charge is 0.378 e. The van der Waals surface area contributed by atoms with E-state index in [1.807, 2.05) is 48.2 Å². The van der Waals surface area contributed by atoms with E-state index in [4.69, 9.17) is 5.73 Å². The van der Waals surface area contributed by atoms with Gasteiger partial charge in [-0.3, -0.25) is 4.79 Å². The second-order valence-electron chi connectivity index (χ2n) is 5.10. The second-order valence-corrected chi connectivity index (χ2v) is 5.10. The molecular weight excluding hydrogens is 262 g/mol. The highest BCUT2D eigenvalue weighted by molar-refractivity contribution is 5.95. The van der Waals surface area contributed by atoms with Crippen molar-refractivity contribution >= 4 is 24.0 Å². The molecule has 1 aliphatic heterocycles. The fourth-order valence-corrected chi connectivity index (χ4v) is 2.29. The molecule has 19 heavy (non-hydrogen) atoms. The molecule has 0 radical (unpaired) electrons. The Labute approximate surface area is 121 Å². The summed E-state index contributed by atoms with van der Waals surface area (Å²) in [5.74, 6) is 0.0915. The smallest absolute Gasteiger partial charge is 0.253 e. The number of hydrogen-bond acceptors (Lipinski definition) is 3. The van der Waals surface area contributed by atoms with E-state index in [1.165, 1.54) is 0 Å². The van der Waals surface area contributed by atoms with Crippen LogP contribution in [-0.2, 0) is 0 Å². The molecule has 1 unspecified atom stereocenters. The maximum atomic E-state index is 12.4. The molecule has 0 saturated carbocycles. The molecule has 1 saturated heterocycles. The average molecular weight is 284 g/mol. The molecule has 5 heteroatoms. The zero-order chi connectivity index (χ0) is 13.1. The van der Waals surface area contributed by atoms with Crippen molar-refractivity contribution in [2.24, 2.45) is 5.73 Å². The normalized spacial score (nSPS) is 18.7. The lowest BCUT2D eigenvalue weighted by molar-refractivity contribution is 0.0709. The van der Waals surface area contributed by atoms with Crippen molar-refractivity contribution in [2.75, 3.05) is 32.1 Å². The molecule has 106 valence electrons. The van der Waals surface area contributed by atoms with Crippen molar-refractivity contribution in [3.8, 4) is 0 Å². The van der Waals surface area contributed by atoms with Gasteiger partial charge in [-0.1, -0.05) is 6.07 Å². The molecule has 1 amide bonds. The predicted molar refractivity (Wildman–Crippen MR) is 81.1 cm³/mol. The van der Waals surface area contributed by atoms with Crippen LogP contribution >= 0.6 is 12.4 Å². The number of hydrogen-bond donors (Lipinski definition) is 1. The van der Waals surface area contributed by atoms with Crippen molar-refractivity contribution < 1.29 is 4.79 Å². The molecule has 2 rings (SSSR count). The van der Waals surface area contributed by atoms with E-state index in [1.54, 1.807) is 0 Å². The maximum absolute atomic E-state index is 12.4. The molecule has 1 aliphatic rings. The lowest BCUT2D eigenvalue weighted by Crippen LogP contribution is -2.45. The number of rotatable bonds is 2. The van der Waals surface area contributed by atoms with Crippen LogP contribution in [0.4, 0.5) is 5.69 Å². The molecule has 0 aliphatic carbocycles. The number of amides is 1. The Hall–Kier alpha value is -1.26. The molecule has 1 heterocycles. The summed E-state index contributed by atoms with van der Waals surface area (Å²) in [6.07, 6.45) is 2.02. The van der Waals surface area contributed by atoms with Crippen LogP contribution in [0.15, 0.2) is 24.3 Å². The Bertz CT molecular complexity index is 436. The van der Waals surface area contributed by atoms with Gasteiger partial charge < -0.3 is 15.5 Å². The minimum absolute atomic E-state index is 0. The zero-order valence-corrected chi connectivity index (χ0v) is 12.3. The summed E-state index contributed by atoms with van der Waals surface area (Å²) < 4.78 is 0. The number of anilines is 1. The van der Waals surface area contributed by atoms with Gasteiger partial charge in [-0.05, 0) is 31.0 Å². The fraction of sp³-hybridized carbons (Fsp3) is 0.500. The van der Waals surface area contributed by atoms with E-state index in [0.717, 1.165) is 30.6 Å². The maximum Gasteiger partial charge on any atom is 0.253 e. The van der Waals surface area contributed by atoms with Gasteiger partial charge in [0.2, 0.25) is 0 Å². The second kappa shape index (κ2) is 6.78. The summed E-state index contributed by atoms with van der Waals surface area (Å²) in [5.41, 5.74) is 7.71. The highest BCUT2D eigenvalue weighted by Gasteiger charge is 2.22. The first-order valence-corrected chi connectivity index (χ1v) is 6.40. The van der Waals surface area contributed by atoms with Crippen LogP contribution in [0.3, 0.4) is 0 Å². The summed E-state index contributed by atoms with van der Waals surface area (Å²) in [6.45, 7) is 1.49. The number of benzene rings is 1. The molecule has 0 bridgehead atoms. The van der Waals surface area contributed by atoms with Gasteiger partial charge in [0, 0.05) is 44.5 Å². The van der Waals surface area contributed by atoms with Crippen LogP contribution in [0.5, 0.6) is 0 Å². The third kappa shape index (κ3) is 3.85. The highest BCUT2D eigenvalue weighted by atomic mass is 35.5. The molecule has 1 atom stereocenters. The highest BCUT2D eigenvalue weighted by Crippen LogP contribution is 2.17. The van der Waals surface area contributed by atoms with E-state index >= 15 is 0 Å². The predicted octanol–water partition coefficient (Wildman–Crippen LogP) is 1.74. The first kappa shape index (κ1) is 15.8. The number of halogens is 1. The summed E-state index contributed by atoms with van der Waals surface area (Å²) in [7, 11) is 3.95. The molecule has 2 N–H and O–H groups in total. The van der Waals surface area contributed by atoms with Gasteiger partial charge in [0.05, 0.1) is 0 Å². The molecule has 0 aromatic heterocycles. The fourth-order valence-electron chi connectivity index (χ4n) is 2.29. The minimum atomic E-state index is 0. The Morgan fingerprint density at radius 3 is 2.79 bits per heavy atom. The summed E-state index contributed by atoms with van der Waals surface area (Å²) in [6, 6.07) is 7.85. The van der Waals surface area contributed by atoms with Gasteiger partial charge in [0.25, 0.3) is 5.91 Å². The van der Waals surface area contributed by atoms with Crippen LogP contribution in [0.25, 0.3) is 0 Å². The molecular formula is C14H22ClN3O. The monoisotopic (exact) mass is 283 g/mol. The number of carbonyl (C=O) groups is 1. The Morgan fingerprint density at radius 2 is 2.16 bits per heavy atom. The van der Waals surface area contributed by atoms with E-state index in [-0.39, 0.29) is 24.4 Å². The topological polar surface area (TPSA) is 49.6 Å². The van der Waals surface area contributed by atoms with Crippen molar-refractivity contribution in [1.82, 2.24) is 4.90 Å². The van der Waals surface area contributed by atoms with Gasteiger partial charge in [-0.2, -0.15) is 0 Å². The van der Waals surface area contributed by atoms with E-state index in [9.17, 15) is 4.79 Å².